The van der Waals surface area contributed by atoms with Gasteiger partial charge >= 0.3 is 0 Å². The van der Waals surface area contributed by atoms with Crippen LogP contribution in [0.4, 0.5) is 0 Å². The molecule has 0 bridgehead atoms. The smallest absolute Gasteiger partial charge is 0.239 e. The first-order chi connectivity index (χ1) is 15.7. The number of rotatable bonds is 10. The molecule has 178 valence electrons. The van der Waals surface area contributed by atoms with Gasteiger partial charge in [0, 0.05) is 59.5 Å². The Hall–Kier alpha value is -2.12. The minimum Gasteiger partial charge on any atom is -0.381 e. The van der Waals surface area contributed by atoms with Crippen molar-refractivity contribution in [1.82, 2.24) is 20.0 Å². The van der Waals surface area contributed by atoms with Gasteiger partial charge in [-0.05, 0) is 44.6 Å². The number of ether oxygens (including phenoxy) is 1. The first-order valence-electron chi connectivity index (χ1n) is 12.3. The van der Waals surface area contributed by atoms with E-state index in [9.17, 15) is 4.79 Å². The molecule has 0 aromatic heterocycles. The van der Waals surface area contributed by atoms with Gasteiger partial charge in [0.1, 0.15) is 0 Å². The average Bonchev–Trinajstić information content (AvgIpc) is 3.38. The standard InChI is InChI=1S/C25H41N5O2/c1-22(24(31)29-14-7-8-15-29)28-16-18-30(19-17-28)25(26-2)27-13-6-9-20-32-21-12-23-10-4-3-5-11-23/h3-5,10-11,22H,6-9,12-21H2,1-2H3,(H,26,27). The van der Waals surface area contributed by atoms with Crippen molar-refractivity contribution in [2.45, 2.75) is 45.1 Å². The lowest BCUT2D eigenvalue weighted by molar-refractivity contribution is -0.135. The number of aliphatic imine (C=N–C) groups is 1. The van der Waals surface area contributed by atoms with Crippen LogP contribution in [-0.4, -0.2) is 98.7 Å². The largest absolute Gasteiger partial charge is 0.381 e. The Kier molecular flexibility index (Phi) is 10.3. The van der Waals surface area contributed by atoms with Crippen molar-refractivity contribution in [1.29, 1.82) is 0 Å². The molecular formula is C25H41N5O2. The van der Waals surface area contributed by atoms with E-state index in [0.29, 0.717) is 5.91 Å². The van der Waals surface area contributed by atoms with Crippen molar-refractivity contribution < 1.29 is 9.53 Å². The maximum atomic E-state index is 12.7. The summed E-state index contributed by atoms with van der Waals surface area (Å²) in [5, 5.41) is 3.49. The van der Waals surface area contributed by atoms with Gasteiger partial charge in [-0.1, -0.05) is 30.3 Å². The molecule has 1 atom stereocenters. The number of nitrogens with one attached hydrogen (secondary N) is 1. The monoisotopic (exact) mass is 443 g/mol. The maximum Gasteiger partial charge on any atom is 0.239 e. The number of amides is 1. The van der Waals surface area contributed by atoms with Gasteiger partial charge in [-0.15, -0.1) is 0 Å². The summed E-state index contributed by atoms with van der Waals surface area (Å²) in [5.74, 6) is 1.26. The van der Waals surface area contributed by atoms with Crippen LogP contribution in [0.5, 0.6) is 0 Å². The van der Waals surface area contributed by atoms with Crippen LogP contribution in [0.2, 0.25) is 0 Å². The highest BCUT2D eigenvalue weighted by atomic mass is 16.5. The summed E-state index contributed by atoms with van der Waals surface area (Å²) in [6, 6.07) is 10.5. The molecule has 1 amide bonds. The van der Waals surface area contributed by atoms with Crippen LogP contribution in [-0.2, 0) is 16.0 Å². The number of unbranched alkanes of at least 4 members (excludes halogenated alkanes) is 1. The fourth-order valence-corrected chi connectivity index (χ4v) is 4.48. The normalized spacial score (nSPS) is 18.8. The van der Waals surface area contributed by atoms with Crippen molar-refractivity contribution in [2.75, 3.05) is 66.1 Å². The molecule has 7 nitrogen and oxygen atoms in total. The number of carbonyl (C=O) groups is 1. The third-order valence-electron chi connectivity index (χ3n) is 6.52. The molecule has 2 aliphatic rings. The van der Waals surface area contributed by atoms with Gasteiger partial charge in [0.2, 0.25) is 5.91 Å². The van der Waals surface area contributed by atoms with Crippen LogP contribution < -0.4 is 5.32 Å². The van der Waals surface area contributed by atoms with Crippen LogP contribution >= 0.6 is 0 Å². The number of benzene rings is 1. The van der Waals surface area contributed by atoms with Crippen LogP contribution in [0.1, 0.15) is 38.2 Å². The van der Waals surface area contributed by atoms with E-state index >= 15 is 0 Å². The van der Waals surface area contributed by atoms with Crippen molar-refractivity contribution in [3.63, 3.8) is 0 Å². The highest BCUT2D eigenvalue weighted by molar-refractivity contribution is 5.82. The molecule has 2 heterocycles. The number of likely N-dealkylation sites (tertiary alicyclic amines) is 1. The van der Waals surface area contributed by atoms with Crippen LogP contribution in [0.15, 0.2) is 35.3 Å². The zero-order chi connectivity index (χ0) is 22.6. The number of carbonyl (C=O) groups excluding carboxylic acids is 1. The lowest BCUT2D eigenvalue weighted by Gasteiger charge is -2.39. The topological polar surface area (TPSA) is 60.4 Å². The van der Waals surface area contributed by atoms with E-state index in [-0.39, 0.29) is 6.04 Å². The summed E-state index contributed by atoms with van der Waals surface area (Å²) in [5.41, 5.74) is 1.33. The molecule has 2 fully saturated rings. The Labute approximate surface area is 193 Å². The number of guanidine groups is 1. The molecule has 0 spiro atoms. The van der Waals surface area contributed by atoms with Gasteiger partial charge < -0.3 is 19.9 Å². The average molecular weight is 444 g/mol. The Morgan fingerprint density at radius 1 is 1.00 bits per heavy atom. The molecule has 0 radical (unpaired) electrons. The van der Waals surface area contributed by atoms with Crippen molar-refractivity contribution >= 4 is 11.9 Å². The quantitative estimate of drug-likeness (QED) is 0.341. The summed E-state index contributed by atoms with van der Waals surface area (Å²) in [6.45, 7) is 10.0. The lowest BCUT2D eigenvalue weighted by Crippen LogP contribution is -2.57. The molecule has 1 unspecified atom stereocenters. The van der Waals surface area contributed by atoms with Crippen molar-refractivity contribution in [3.05, 3.63) is 35.9 Å². The molecule has 1 aromatic rings. The number of piperazine rings is 1. The molecule has 7 heteroatoms. The third-order valence-corrected chi connectivity index (χ3v) is 6.52. The van der Waals surface area contributed by atoms with Crippen LogP contribution in [0.3, 0.4) is 0 Å². The van der Waals surface area contributed by atoms with Gasteiger partial charge in [-0.3, -0.25) is 14.7 Å². The Morgan fingerprint density at radius 2 is 1.72 bits per heavy atom. The fraction of sp³-hybridized carbons (Fsp3) is 0.680. The number of nitrogens with zero attached hydrogens (tertiary/aromatic N) is 4. The van der Waals surface area contributed by atoms with Gasteiger partial charge in [0.15, 0.2) is 5.96 Å². The third kappa shape index (κ3) is 7.48. The molecule has 1 aromatic carbocycles. The highest BCUT2D eigenvalue weighted by Gasteiger charge is 2.30. The zero-order valence-corrected chi connectivity index (χ0v) is 20.0. The Bertz CT molecular complexity index is 698. The second-order valence-electron chi connectivity index (χ2n) is 8.76. The van der Waals surface area contributed by atoms with Crippen LogP contribution in [0.25, 0.3) is 0 Å². The van der Waals surface area contributed by atoms with E-state index in [0.717, 1.165) is 97.1 Å². The van der Waals surface area contributed by atoms with E-state index < -0.39 is 0 Å². The highest BCUT2D eigenvalue weighted by Crippen LogP contribution is 2.14. The Balaban J connectivity index is 1.25. The second-order valence-corrected chi connectivity index (χ2v) is 8.76. The van der Waals surface area contributed by atoms with E-state index in [2.05, 4.69) is 51.3 Å². The first-order valence-corrected chi connectivity index (χ1v) is 12.3. The molecular weight excluding hydrogens is 402 g/mol. The predicted octanol–water partition coefficient (Wildman–Crippen LogP) is 2.23. The maximum absolute atomic E-state index is 12.7. The molecule has 2 aliphatic heterocycles. The fourth-order valence-electron chi connectivity index (χ4n) is 4.48. The van der Waals surface area contributed by atoms with Crippen molar-refractivity contribution in [3.8, 4) is 0 Å². The summed E-state index contributed by atoms with van der Waals surface area (Å²) < 4.78 is 5.77. The summed E-state index contributed by atoms with van der Waals surface area (Å²) >= 11 is 0. The van der Waals surface area contributed by atoms with Gasteiger partial charge in [-0.2, -0.15) is 0 Å². The molecule has 1 N–H and O–H groups in total. The molecule has 2 saturated heterocycles. The van der Waals surface area contributed by atoms with Gasteiger partial charge in [0.05, 0.1) is 12.6 Å². The molecule has 0 aliphatic carbocycles. The SMILES string of the molecule is CN=C(NCCCCOCCc1ccccc1)N1CCN(C(C)C(=O)N2CCCC2)CC1. The molecule has 3 rings (SSSR count). The van der Waals surface area contributed by atoms with E-state index in [1.807, 2.05) is 18.0 Å². The molecule has 0 saturated carbocycles. The number of hydrogen-bond acceptors (Lipinski definition) is 4. The second kappa shape index (κ2) is 13.4. The van der Waals surface area contributed by atoms with Crippen LogP contribution in [0, 0.1) is 0 Å². The lowest BCUT2D eigenvalue weighted by atomic mass is 10.2. The Morgan fingerprint density at radius 3 is 2.41 bits per heavy atom. The summed E-state index contributed by atoms with van der Waals surface area (Å²) in [7, 11) is 1.85. The van der Waals surface area contributed by atoms with E-state index in [4.69, 9.17) is 4.74 Å². The van der Waals surface area contributed by atoms with Gasteiger partial charge in [0.25, 0.3) is 0 Å². The van der Waals surface area contributed by atoms with E-state index in [1.165, 1.54) is 5.56 Å². The minimum atomic E-state index is -0.0212. The zero-order valence-electron chi connectivity index (χ0n) is 20.0. The summed E-state index contributed by atoms with van der Waals surface area (Å²) in [6.07, 6.45) is 5.37. The number of hydrogen-bond donors (Lipinski definition) is 1. The first kappa shape index (κ1) is 24.5. The van der Waals surface area contributed by atoms with Gasteiger partial charge in [-0.25, -0.2) is 0 Å². The van der Waals surface area contributed by atoms with E-state index in [1.54, 1.807) is 0 Å². The molecule has 32 heavy (non-hydrogen) atoms. The van der Waals surface area contributed by atoms with Crippen molar-refractivity contribution in [2.24, 2.45) is 4.99 Å². The minimum absolute atomic E-state index is 0.0212. The summed E-state index contributed by atoms with van der Waals surface area (Å²) in [4.78, 5) is 23.8. The predicted molar refractivity (Wildman–Crippen MR) is 130 cm³/mol.